The molecule has 3 nitrogen and oxygen atoms in total. The first kappa shape index (κ1) is 12.2. The third-order valence-corrected chi connectivity index (χ3v) is 3.38. The Morgan fingerprint density at radius 2 is 2.18 bits per heavy atom. The van der Waals surface area contributed by atoms with Crippen molar-refractivity contribution in [2.75, 3.05) is 12.3 Å². The number of benzene rings is 1. The van der Waals surface area contributed by atoms with Gasteiger partial charge in [0.1, 0.15) is 6.26 Å². The topological polar surface area (TPSA) is 38.1 Å². The minimum atomic E-state index is 0.332. The summed E-state index contributed by atoms with van der Waals surface area (Å²) in [5.41, 5.74) is 1.30. The molecule has 1 unspecified atom stereocenters. The van der Waals surface area contributed by atoms with Crippen molar-refractivity contribution in [2.45, 2.75) is 18.2 Å². The fourth-order valence-electron chi connectivity index (χ4n) is 1.64. The molecule has 0 bridgehead atoms. The molecular weight excluding hydrogens is 232 g/mol. The van der Waals surface area contributed by atoms with Crippen molar-refractivity contribution in [1.82, 2.24) is 10.3 Å². The lowest BCUT2D eigenvalue weighted by molar-refractivity contribution is 0.453. The summed E-state index contributed by atoms with van der Waals surface area (Å²) in [6.07, 6.45) is 3.28. The number of thioether (sulfide) groups is 1. The molecule has 17 heavy (non-hydrogen) atoms. The van der Waals surface area contributed by atoms with E-state index in [4.69, 9.17) is 4.42 Å². The van der Waals surface area contributed by atoms with Crippen LogP contribution in [0.15, 0.2) is 52.4 Å². The normalized spacial score (nSPS) is 12.5. The second-order valence-electron chi connectivity index (χ2n) is 3.63. The molecule has 1 aromatic carbocycles. The van der Waals surface area contributed by atoms with Crippen molar-refractivity contribution >= 4 is 11.8 Å². The van der Waals surface area contributed by atoms with E-state index in [0.717, 1.165) is 17.5 Å². The standard InChI is InChI=1S/C13H16N2OS/c1-2-14-12(11-6-4-3-5-7-11)10-17-13-15-8-9-16-13/h3-9,12,14H,2,10H2,1H3. The predicted molar refractivity (Wildman–Crippen MR) is 70.1 cm³/mol. The lowest BCUT2D eigenvalue weighted by Crippen LogP contribution is -2.22. The molecule has 0 aliphatic rings. The van der Waals surface area contributed by atoms with Crippen molar-refractivity contribution < 1.29 is 4.42 Å². The van der Waals surface area contributed by atoms with Gasteiger partial charge in [-0.1, -0.05) is 49.0 Å². The van der Waals surface area contributed by atoms with E-state index in [2.05, 4.69) is 41.5 Å². The number of aromatic nitrogens is 1. The lowest BCUT2D eigenvalue weighted by Gasteiger charge is -2.16. The second kappa shape index (κ2) is 6.47. The summed E-state index contributed by atoms with van der Waals surface area (Å²) in [7, 11) is 0. The molecule has 0 saturated carbocycles. The number of hydrogen-bond donors (Lipinski definition) is 1. The third kappa shape index (κ3) is 3.61. The maximum absolute atomic E-state index is 5.22. The van der Waals surface area contributed by atoms with E-state index in [9.17, 15) is 0 Å². The minimum Gasteiger partial charge on any atom is -0.440 e. The van der Waals surface area contributed by atoms with Gasteiger partial charge in [0.15, 0.2) is 0 Å². The molecule has 1 aromatic heterocycles. The van der Waals surface area contributed by atoms with Crippen LogP contribution < -0.4 is 5.32 Å². The molecule has 1 N–H and O–H groups in total. The maximum atomic E-state index is 5.22. The van der Waals surface area contributed by atoms with Gasteiger partial charge in [-0.3, -0.25) is 0 Å². The van der Waals surface area contributed by atoms with Gasteiger partial charge in [-0.2, -0.15) is 0 Å². The van der Waals surface area contributed by atoms with Crippen molar-refractivity contribution in [1.29, 1.82) is 0 Å². The molecule has 0 radical (unpaired) electrons. The van der Waals surface area contributed by atoms with Crippen LogP contribution in [-0.4, -0.2) is 17.3 Å². The Bertz CT molecular complexity index is 416. The second-order valence-corrected chi connectivity index (χ2v) is 4.60. The maximum Gasteiger partial charge on any atom is 0.255 e. The van der Waals surface area contributed by atoms with Crippen molar-refractivity contribution in [2.24, 2.45) is 0 Å². The summed E-state index contributed by atoms with van der Waals surface area (Å²) in [6, 6.07) is 10.8. The molecule has 0 saturated heterocycles. The highest BCUT2D eigenvalue weighted by Gasteiger charge is 2.11. The number of nitrogens with one attached hydrogen (secondary N) is 1. The smallest absolute Gasteiger partial charge is 0.255 e. The van der Waals surface area contributed by atoms with Gasteiger partial charge in [-0.25, -0.2) is 4.98 Å². The largest absolute Gasteiger partial charge is 0.440 e. The molecular formula is C13H16N2OS. The Morgan fingerprint density at radius 3 is 2.82 bits per heavy atom. The fourth-order valence-corrected chi connectivity index (χ4v) is 2.52. The highest BCUT2D eigenvalue weighted by molar-refractivity contribution is 7.99. The van der Waals surface area contributed by atoms with Gasteiger partial charge in [0.25, 0.3) is 5.22 Å². The van der Waals surface area contributed by atoms with Gasteiger partial charge >= 0.3 is 0 Å². The molecule has 0 fully saturated rings. The summed E-state index contributed by atoms with van der Waals surface area (Å²) in [5, 5.41) is 4.20. The van der Waals surface area contributed by atoms with E-state index in [1.807, 2.05) is 6.07 Å². The van der Waals surface area contributed by atoms with Gasteiger partial charge in [-0.05, 0) is 12.1 Å². The van der Waals surface area contributed by atoms with E-state index in [0.29, 0.717) is 6.04 Å². The Hall–Kier alpha value is -1.26. The highest BCUT2D eigenvalue weighted by Crippen LogP contribution is 2.23. The quantitative estimate of drug-likeness (QED) is 0.797. The summed E-state index contributed by atoms with van der Waals surface area (Å²) >= 11 is 1.63. The van der Waals surface area contributed by atoms with Gasteiger partial charge in [0.05, 0.1) is 6.20 Å². The zero-order valence-corrected chi connectivity index (χ0v) is 10.6. The number of hydrogen-bond acceptors (Lipinski definition) is 4. The van der Waals surface area contributed by atoms with Gasteiger partial charge in [-0.15, -0.1) is 0 Å². The van der Waals surface area contributed by atoms with Crippen molar-refractivity contribution in [3.63, 3.8) is 0 Å². The Labute approximate surface area is 106 Å². The summed E-state index contributed by atoms with van der Waals surface area (Å²) in [4.78, 5) is 4.11. The van der Waals surface area contributed by atoms with E-state index >= 15 is 0 Å². The molecule has 1 atom stereocenters. The monoisotopic (exact) mass is 248 g/mol. The van der Waals surface area contributed by atoms with Gasteiger partial charge in [0.2, 0.25) is 0 Å². The number of rotatable bonds is 6. The summed E-state index contributed by atoms with van der Waals surface area (Å²) in [5.74, 6) is 0.915. The van der Waals surface area contributed by atoms with Crippen LogP contribution in [0, 0.1) is 0 Å². The molecule has 2 aromatic rings. The summed E-state index contributed by atoms with van der Waals surface area (Å²) in [6.45, 7) is 3.07. The molecule has 0 spiro atoms. The molecule has 0 aliphatic carbocycles. The first-order valence-corrected chi connectivity index (χ1v) is 6.69. The van der Waals surface area contributed by atoms with Crippen LogP contribution in [-0.2, 0) is 0 Å². The molecule has 90 valence electrons. The molecule has 0 aliphatic heterocycles. The van der Waals surface area contributed by atoms with Gasteiger partial charge in [0, 0.05) is 11.8 Å². The third-order valence-electron chi connectivity index (χ3n) is 2.44. The first-order chi connectivity index (χ1) is 8.40. The minimum absolute atomic E-state index is 0.332. The van der Waals surface area contributed by atoms with E-state index in [1.165, 1.54) is 5.56 Å². The average Bonchev–Trinajstić information content (AvgIpc) is 2.88. The van der Waals surface area contributed by atoms with E-state index < -0.39 is 0 Å². The van der Waals surface area contributed by atoms with Crippen LogP contribution in [0.4, 0.5) is 0 Å². The van der Waals surface area contributed by atoms with Crippen LogP contribution in [0.1, 0.15) is 18.5 Å². The van der Waals surface area contributed by atoms with Crippen LogP contribution in [0.5, 0.6) is 0 Å². The van der Waals surface area contributed by atoms with Crippen molar-refractivity contribution in [3.8, 4) is 0 Å². The number of nitrogens with zero attached hydrogens (tertiary/aromatic N) is 1. The molecule has 2 rings (SSSR count). The zero-order valence-electron chi connectivity index (χ0n) is 9.80. The molecule has 0 amide bonds. The number of oxazole rings is 1. The molecule has 4 heteroatoms. The van der Waals surface area contributed by atoms with Gasteiger partial charge < -0.3 is 9.73 Å². The van der Waals surface area contributed by atoms with E-state index in [-0.39, 0.29) is 0 Å². The Morgan fingerprint density at radius 1 is 1.35 bits per heavy atom. The van der Waals surface area contributed by atoms with Crippen molar-refractivity contribution in [3.05, 3.63) is 48.4 Å². The van der Waals surface area contributed by atoms with Crippen LogP contribution >= 0.6 is 11.8 Å². The van der Waals surface area contributed by atoms with E-state index in [1.54, 1.807) is 24.2 Å². The van der Waals surface area contributed by atoms with Crippen LogP contribution in [0.3, 0.4) is 0 Å². The molecule has 1 heterocycles. The summed E-state index contributed by atoms with van der Waals surface area (Å²) < 4.78 is 5.22. The van der Waals surface area contributed by atoms with Crippen LogP contribution in [0.25, 0.3) is 0 Å². The zero-order chi connectivity index (χ0) is 11.9. The lowest BCUT2D eigenvalue weighted by atomic mass is 10.1. The van der Waals surface area contributed by atoms with Crippen LogP contribution in [0.2, 0.25) is 0 Å². The predicted octanol–water partition coefficient (Wildman–Crippen LogP) is 3.12. The Kier molecular flexibility index (Phi) is 4.64. The SMILES string of the molecule is CCNC(CSc1ncco1)c1ccccc1. The average molecular weight is 248 g/mol. The Balaban J connectivity index is 1.98. The first-order valence-electron chi connectivity index (χ1n) is 5.70. The highest BCUT2D eigenvalue weighted by atomic mass is 32.2. The fraction of sp³-hybridized carbons (Fsp3) is 0.308.